The summed E-state index contributed by atoms with van der Waals surface area (Å²) in [7, 11) is 1.69. The molecule has 5 rings (SSSR count). The first-order valence-electron chi connectivity index (χ1n) is 9.96. The maximum atomic E-state index is 10.5. The largest absolute Gasteiger partial charge is 0.493 e. The highest BCUT2D eigenvalue weighted by atomic mass is 79.9. The Balaban J connectivity index is 1.60. The first-order valence-corrected chi connectivity index (χ1v) is 11.5. The number of nitrogens with zero attached hydrogens (tertiary/aromatic N) is 1. The minimum Gasteiger partial charge on any atom is -0.493 e. The highest BCUT2D eigenvalue weighted by Crippen LogP contribution is 2.53. The lowest BCUT2D eigenvalue weighted by atomic mass is 9.85. The van der Waals surface area contributed by atoms with Crippen LogP contribution in [-0.2, 0) is 13.0 Å². The van der Waals surface area contributed by atoms with E-state index in [0.717, 1.165) is 40.0 Å². The van der Waals surface area contributed by atoms with Crippen LogP contribution in [0.5, 0.6) is 11.5 Å². The monoisotopic (exact) mass is 519 g/mol. The number of rotatable bonds is 3. The van der Waals surface area contributed by atoms with Gasteiger partial charge in [0.05, 0.1) is 13.2 Å². The molecule has 4 atom stereocenters. The lowest BCUT2D eigenvalue weighted by Gasteiger charge is -2.33. The van der Waals surface area contributed by atoms with Crippen molar-refractivity contribution in [3.63, 3.8) is 0 Å². The first kappa shape index (κ1) is 19.6. The zero-order valence-corrected chi connectivity index (χ0v) is 19.3. The van der Waals surface area contributed by atoms with Crippen molar-refractivity contribution in [1.82, 2.24) is 4.90 Å². The lowest BCUT2D eigenvalue weighted by Crippen LogP contribution is -2.40. The molecule has 152 valence electrons. The molecular weight excluding hydrogens is 498 g/mol. The number of hydrogen-bond donors (Lipinski definition) is 1. The number of aliphatic hydroxyl groups is 1. The van der Waals surface area contributed by atoms with E-state index in [2.05, 4.69) is 67.1 Å². The molecule has 3 aliphatic rings. The Morgan fingerprint density at radius 2 is 2.00 bits per heavy atom. The molecule has 0 fully saturated rings. The topological polar surface area (TPSA) is 41.9 Å². The molecule has 1 aliphatic carbocycles. The van der Waals surface area contributed by atoms with Crippen LogP contribution in [0.4, 0.5) is 0 Å². The molecule has 0 aromatic heterocycles. The van der Waals surface area contributed by atoms with Gasteiger partial charge in [0, 0.05) is 46.0 Å². The molecular formula is C23H23Br2NO3. The second kappa shape index (κ2) is 7.73. The standard InChI is InChI=1S/C23H23Br2NO3/c1-28-20-11-17(25)16-8-9-26(12-13-2-4-14(24)5-3-13)18-7-6-15(27)10-19-22(18)21(16)23(20)29-19/h2-7,11,15,18-19,22,27H,8-10,12H2,1H3/t15-,18?,19?,22?/m0/s1. The highest BCUT2D eigenvalue weighted by molar-refractivity contribution is 9.10. The van der Waals surface area contributed by atoms with Gasteiger partial charge in [0.25, 0.3) is 0 Å². The predicted octanol–water partition coefficient (Wildman–Crippen LogP) is 4.81. The van der Waals surface area contributed by atoms with E-state index in [1.807, 2.05) is 12.1 Å². The summed E-state index contributed by atoms with van der Waals surface area (Å²) in [6.45, 7) is 1.81. The van der Waals surface area contributed by atoms with Crippen molar-refractivity contribution in [2.45, 2.75) is 43.6 Å². The number of methoxy groups -OCH3 is 1. The Kier molecular flexibility index (Phi) is 5.23. The second-order valence-corrected chi connectivity index (χ2v) is 9.76. The Morgan fingerprint density at radius 3 is 2.76 bits per heavy atom. The van der Waals surface area contributed by atoms with Gasteiger partial charge in [0.1, 0.15) is 6.10 Å². The quantitative estimate of drug-likeness (QED) is 0.589. The van der Waals surface area contributed by atoms with Gasteiger partial charge in [-0.3, -0.25) is 4.90 Å². The molecule has 0 amide bonds. The molecule has 4 nitrogen and oxygen atoms in total. The summed E-state index contributed by atoms with van der Waals surface area (Å²) in [5.41, 5.74) is 3.84. The van der Waals surface area contributed by atoms with Crippen molar-refractivity contribution in [2.24, 2.45) is 0 Å². The van der Waals surface area contributed by atoms with E-state index in [1.54, 1.807) is 7.11 Å². The van der Waals surface area contributed by atoms with Gasteiger partial charge in [-0.05, 0) is 35.7 Å². The van der Waals surface area contributed by atoms with Gasteiger partial charge in [-0.25, -0.2) is 0 Å². The van der Waals surface area contributed by atoms with Crippen molar-refractivity contribution in [3.05, 3.63) is 68.1 Å². The fourth-order valence-corrected chi connectivity index (χ4v) is 5.87. The summed E-state index contributed by atoms with van der Waals surface area (Å²) in [5, 5.41) is 10.5. The van der Waals surface area contributed by atoms with E-state index in [9.17, 15) is 5.11 Å². The van der Waals surface area contributed by atoms with Gasteiger partial charge < -0.3 is 14.6 Å². The van der Waals surface area contributed by atoms with Crippen LogP contribution in [0, 0.1) is 0 Å². The van der Waals surface area contributed by atoms with Crippen LogP contribution >= 0.6 is 31.9 Å². The molecule has 2 aliphatic heterocycles. The Bertz CT molecular complexity index is 960. The summed E-state index contributed by atoms with van der Waals surface area (Å²) in [6, 6.07) is 10.7. The number of ether oxygens (including phenoxy) is 2. The minimum atomic E-state index is -0.492. The van der Waals surface area contributed by atoms with Gasteiger partial charge in [-0.1, -0.05) is 56.1 Å². The van der Waals surface area contributed by atoms with Crippen LogP contribution in [0.3, 0.4) is 0 Å². The van der Waals surface area contributed by atoms with Crippen LogP contribution in [0.15, 0.2) is 51.4 Å². The fraction of sp³-hybridized carbons (Fsp3) is 0.391. The normalized spacial score (nSPS) is 27.7. The third-order valence-electron chi connectivity index (χ3n) is 6.30. The summed E-state index contributed by atoms with van der Waals surface area (Å²) < 4.78 is 14.2. The van der Waals surface area contributed by atoms with Crippen molar-refractivity contribution < 1.29 is 14.6 Å². The van der Waals surface area contributed by atoms with Crippen molar-refractivity contribution in [1.29, 1.82) is 0 Å². The molecule has 0 radical (unpaired) electrons. The highest BCUT2D eigenvalue weighted by Gasteiger charge is 2.47. The average Bonchev–Trinajstić information content (AvgIpc) is 2.88. The van der Waals surface area contributed by atoms with Gasteiger partial charge in [-0.2, -0.15) is 0 Å². The molecule has 0 saturated carbocycles. The third-order valence-corrected chi connectivity index (χ3v) is 7.54. The number of aliphatic hydroxyl groups excluding tert-OH is 1. The summed E-state index contributed by atoms with van der Waals surface area (Å²) in [4.78, 5) is 2.52. The van der Waals surface area contributed by atoms with Crippen LogP contribution in [0.1, 0.15) is 29.0 Å². The van der Waals surface area contributed by atoms with Crippen molar-refractivity contribution in [2.75, 3.05) is 13.7 Å². The number of hydrogen-bond acceptors (Lipinski definition) is 4. The molecule has 0 saturated heterocycles. The van der Waals surface area contributed by atoms with Crippen LogP contribution < -0.4 is 9.47 Å². The van der Waals surface area contributed by atoms with E-state index in [1.165, 1.54) is 16.7 Å². The molecule has 3 unspecified atom stereocenters. The summed E-state index contributed by atoms with van der Waals surface area (Å²) >= 11 is 7.30. The average molecular weight is 521 g/mol. The fourth-order valence-electron chi connectivity index (χ4n) is 4.98. The Morgan fingerprint density at radius 1 is 1.21 bits per heavy atom. The maximum Gasteiger partial charge on any atom is 0.165 e. The smallest absolute Gasteiger partial charge is 0.165 e. The summed E-state index contributed by atoms with van der Waals surface area (Å²) in [6.07, 6.45) is 5.12. The van der Waals surface area contributed by atoms with Crippen LogP contribution in [0.25, 0.3) is 0 Å². The SMILES string of the molecule is COc1cc(Br)c2c3c1OC1C[C@@H](O)C=CC(C31)N(Cc1ccc(Br)cc1)CC2. The molecule has 0 spiro atoms. The molecule has 29 heavy (non-hydrogen) atoms. The van der Waals surface area contributed by atoms with E-state index in [4.69, 9.17) is 9.47 Å². The van der Waals surface area contributed by atoms with Gasteiger partial charge >= 0.3 is 0 Å². The Hall–Kier alpha value is -1.34. The number of benzene rings is 2. The van der Waals surface area contributed by atoms with E-state index < -0.39 is 6.10 Å². The van der Waals surface area contributed by atoms with E-state index in [-0.39, 0.29) is 18.1 Å². The van der Waals surface area contributed by atoms with Gasteiger partial charge in [-0.15, -0.1) is 0 Å². The van der Waals surface area contributed by atoms with Crippen molar-refractivity contribution >= 4 is 31.9 Å². The summed E-state index contributed by atoms with van der Waals surface area (Å²) in [5.74, 6) is 1.80. The first-order chi connectivity index (χ1) is 14.0. The molecule has 2 heterocycles. The van der Waals surface area contributed by atoms with E-state index in [0.29, 0.717) is 6.42 Å². The lowest BCUT2D eigenvalue weighted by molar-refractivity contribution is 0.100. The molecule has 2 aromatic rings. The van der Waals surface area contributed by atoms with Crippen LogP contribution in [0.2, 0.25) is 0 Å². The second-order valence-electron chi connectivity index (χ2n) is 7.99. The molecule has 2 aromatic carbocycles. The van der Waals surface area contributed by atoms with Gasteiger partial charge in [0.15, 0.2) is 11.5 Å². The van der Waals surface area contributed by atoms with E-state index >= 15 is 0 Å². The zero-order chi connectivity index (χ0) is 20.1. The molecule has 0 bridgehead atoms. The van der Waals surface area contributed by atoms with Crippen molar-refractivity contribution in [3.8, 4) is 11.5 Å². The Labute approximate surface area is 187 Å². The van der Waals surface area contributed by atoms with Crippen LogP contribution in [-0.4, -0.2) is 41.9 Å². The molecule has 1 N–H and O–H groups in total. The van der Waals surface area contributed by atoms with Gasteiger partial charge in [0.2, 0.25) is 0 Å². The maximum absolute atomic E-state index is 10.5. The zero-order valence-electron chi connectivity index (χ0n) is 16.1. The predicted molar refractivity (Wildman–Crippen MR) is 120 cm³/mol. The molecule has 6 heteroatoms. The number of halogens is 2. The third kappa shape index (κ3) is 3.44. The minimum absolute atomic E-state index is 0.0625.